The molecule has 0 radical (unpaired) electrons. The zero-order valence-corrected chi connectivity index (χ0v) is 14.3. The molecule has 1 amide bonds. The van der Waals surface area contributed by atoms with Crippen LogP contribution in [0.25, 0.3) is 0 Å². The third-order valence-corrected chi connectivity index (χ3v) is 5.40. The van der Waals surface area contributed by atoms with Crippen molar-refractivity contribution < 1.29 is 14.6 Å². The number of nitrogens with zero attached hydrogens (tertiary/aromatic N) is 3. The molecule has 3 aliphatic rings. The standard InChI is InChI=1S/C17H31N3O3/c1-14(21)12-18-6-8-19(9-7-18)13-17(22)20-10-11-23-16-5-3-2-4-15(16)20/h14-16,21H,2-13H2,1H3/t14-,15-,16+/m0/s1. The van der Waals surface area contributed by atoms with Crippen LogP contribution in [-0.4, -0.2) is 96.4 Å². The van der Waals surface area contributed by atoms with Gasteiger partial charge in [-0.15, -0.1) is 0 Å². The Kier molecular flexibility index (Phi) is 5.91. The first-order chi connectivity index (χ1) is 11.1. The number of hydrogen-bond acceptors (Lipinski definition) is 5. The number of piperazine rings is 1. The lowest BCUT2D eigenvalue weighted by atomic mass is 9.90. The van der Waals surface area contributed by atoms with Gasteiger partial charge in [0.2, 0.25) is 5.91 Å². The second-order valence-electron chi connectivity index (χ2n) is 7.27. The van der Waals surface area contributed by atoms with Gasteiger partial charge < -0.3 is 14.7 Å². The van der Waals surface area contributed by atoms with E-state index in [1.165, 1.54) is 12.8 Å². The molecule has 6 heteroatoms. The Bertz CT molecular complexity index is 395. The molecule has 0 bridgehead atoms. The van der Waals surface area contributed by atoms with Gasteiger partial charge in [-0.2, -0.15) is 0 Å². The molecule has 1 N–H and O–H groups in total. The van der Waals surface area contributed by atoms with Crippen molar-refractivity contribution in [3.63, 3.8) is 0 Å². The van der Waals surface area contributed by atoms with Gasteiger partial charge in [-0.3, -0.25) is 14.6 Å². The number of morpholine rings is 1. The van der Waals surface area contributed by atoms with Crippen LogP contribution in [0.3, 0.4) is 0 Å². The molecule has 23 heavy (non-hydrogen) atoms. The topological polar surface area (TPSA) is 56.2 Å². The predicted octanol–water partition coefficient (Wildman–Crippen LogP) is 0.155. The second kappa shape index (κ2) is 7.92. The van der Waals surface area contributed by atoms with Crippen LogP contribution in [0.1, 0.15) is 32.6 Å². The number of rotatable bonds is 4. The zero-order valence-electron chi connectivity index (χ0n) is 14.3. The van der Waals surface area contributed by atoms with Gasteiger partial charge in [0.1, 0.15) is 0 Å². The summed E-state index contributed by atoms with van der Waals surface area (Å²) in [5.41, 5.74) is 0. The van der Waals surface area contributed by atoms with Gasteiger partial charge in [0.25, 0.3) is 0 Å². The van der Waals surface area contributed by atoms with E-state index in [1.807, 2.05) is 6.92 Å². The van der Waals surface area contributed by atoms with Crippen molar-refractivity contribution in [3.8, 4) is 0 Å². The van der Waals surface area contributed by atoms with Gasteiger partial charge in [-0.05, 0) is 19.8 Å². The van der Waals surface area contributed by atoms with E-state index in [0.29, 0.717) is 19.2 Å². The minimum absolute atomic E-state index is 0.268. The highest BCUT2D eigenvalue weighted by Crippen LogP contribution is 2.28. The third-order valence-electron chi connectivity index (χ3n) is 5.40. The number of hydrogen-bond donors (Lipinski definition) is 1. The monoisotopic (exact) mass is 325 g/mol. The summed E-state index contributed by atoms with van der Waals surface area (Å²) in [7, 11) is 0. The maximum absolute atomic E-state index is 12.8. The number of ether oxygens (including phenoxy) is 1. The highest BCUT2D eigenvalue weighted by atomic mass is 16.5. The van der Waals surface area contributed by atoms with Crippen LogP contribution in [0.2, 0.25) is 0 Å². The third kappa shape index (κ3) is 4.44. The number of fused-ring (bicyclic) bond motifs is 1. The SMILES string of the molecule is C[C@H](O)CN1CCN(CC(=O)N2CCO[C@@H]3CCCC[C@@H]32)CC1. The number of aliphatic hydroxyl groups excluding tert-OH is 1. The summed E-state index contributed by atoms with van der Waals surface area (Å²) in [6, 6.07) is 0.307. The number of aliphatic hydroxyl groups is 1. The highest BCUT2D eigenvalue weighted by molar-refractivity contribution is 5.78. The molecule has 2 saturated heterocycles. The molecule has 1 saturated carbocycles. The van der Waals surface area contributed by atoms with Crippen LogP contribution in [0.15, 0.2) is 0 Å². The highest BCUT2D eigenvalue weighted by Gasteiger charge is 2.37. The molecule has 3 atom stereocenters. The zero-order chi connectivity index (χ0) is 16.2. The fraction of sp³-hybridized carbons (Fsp3) is 0.941. The Morgan fingerprint density at radius 1 is 1.13 bits per heavy atom. The molecular weight excluding hydrogens is 294 g/mol. The summed E-state index contributed by atoms with van der Waals surface area (Å²) in [6.45, 7) is 8.24. The van der Waals surface area contributed by atoms with Gasteiger partial charge in [0, 0.05) is 39.3 Å². The van der Waals surface area contributed by atoms with Crippen LogP contribution in [-0.2, 0) is 9.53 Å². The summed E-state index contributed by atoms with van der Waals surface area (Å²) in [6.07, 6.45) is 4.63. The van der Waals surface area contributed by atoms with Crippen LogP contribution >= 0.6 is 0 Å². The predicted molar refractivity (Wildman–Crippen MR) is 88.3 cm³/mol. The van der Waals surface area contributed by atoms with Gasteiger partial charge in [0.15, 0.2) is 0 Å². The fourth-order valence-corrected chi connectivity index (χ4v) is 4.19. The Balaban J connectivity index is 1.47. The molecule has 0 aromatic rings. The molecule has 1 aliphatic carbocycles. The summed E-state index contributed by atoms with van der Waals surface area (Å²) in [5.74, 6) is 0.272. The maximum atomic E-state index is 12.8. The van der Waals surface area contributed by atoms with Crippen molar-refractivity contribution in [2.75, 3.05) is 52.4 Å². The van der Waals surface area contributed by atoms with Crippen LogP contribution in [0.5, 0.6) is 0 Å². The van der Waals surface area contributed by atoms with Crippen molar-refractivity contribution in [3.05, 3.63) is 0 Å². The van der Waals surface area contributed by atoms with E-state index in [0.717, 1.165) is 52.1 Å². The first-order valence-electron chi connectivity index (χ1n) is 9.17. The lowest BCUT2D eigenvalue weighted by molar-refractivity contribution is -0.151. The Morgan fingerprint density at radius 2 is 1.83 bits per heavy atom. The number of amides is 1. The average molecular weight is 325 g/mol. The number of carbonyl (C=O) groups excluding carboxylic acids is 1. The Morgan fingerprint density at radius 3 is 2.57 bits per heavy atom. The molecule has 0 spiro atoms. The van der Waals surface area contributed by atoms with E-state index in [4.69, 9.17) is 4.74 Å². The van der Waals surface area contributed by atoms with Gasteiger partial charge in [-0.1, -0.05) is 12.8 Å². The van der Waals surface area contributed by atoms with E-state index >= 15 is 0 Å². The molecule has 2 heterocycles. The largest absolute Gasteiger partial charge is 0.392 e. The second-order valence-corrected chi connectivity index (χ2v) is 7.27. The van der Waals surface area contributed by atoms with Crippen molar-refractivity contribution in [1.29, 1.82) is 0 Å². The normalized spacial score (nSPS) is 31.7. The number of β-amino-alcohol motifs (C(OH)–C–C–N with tert-alkyl or cyclic N) is 1. The van der Waals surface area contributed by atoms with E-state index < -0.39 is 0 Å². The molecule has 2 aliphatic heterocycles. The van der Waals surface area contributed by atoms with E-state index in [2.05, 4.69) is 14.7 Å². The summed E-state index contributed by atoms with van der Waals surface area (Å²) >= 11 is 0. The molecule has 3 rings (SSSR count). The maximum Gasteiger partial charge on any atom is 0.237 e. The van der Waals surface area contributed by atoms with E-state index in [9.17, 15) is 9.90 Å². The van der Waals surface area contributed by atoms with Gasteiger partial charge in [-0.25, -0.2) is 0 Å². The quantitative estimate of drug-likeness (QED) is 0.798. The summed E-state index contributed by atoms with van der Waals surface area (Å²) in [4.78, 5) is 19.4. The van der Waals surface area contributed by atoms with Crippen LogP contribution in [0, 0.1) is 0 Å². The molecule has 3 fully saturated rings. The first-order valence-corrected chi connectivity index (χ1v) is 9.17. The van der Waals surface area contributed by atoms with Crippen molar-refractivity contribution >= 4 is 5.91 Å². The van der Waals surface area contributed by atoms with Crippen molar-refractivity contribution in [1.82, 2.24) is 14.7 Å². The Labute approximate surface area is 139 Å². The minimum Gasteiger partial charge on any atom is -0.392 e. The molecule has 0 unspecified atom stereocenters. The fourth-order valence-electron chi connectivity index (χ4n) is 4.19. The first kappa shape index (κ1) is 17.1. The van der Waals surface area contributed by atoms with Crippen molar-refractivity contribution in [2.45, 2.75) is 50.9 Å². The lowest BCUT2D eigenvalue weighted by Crippen LogP contribution is -2.58. The van der Waals surface area contributed by atoms with Gasteiger partial charge in [0.05, 0.1) is 31.4 Å². The summed E-state index contributed by atoms with van der Waals surface area (Å²) < 4.78 is 5.87. The van der Waals surface area contributed by atoms with Crippen LogP contribution in [0.4, 0.5) is 0 Å². The molecule has 6 nitrogen and oxygen atoms in total. The smallest absolute Gasteiger partial charge is 0.237 e. The Hall–Kier alpha value is -0.690. The molecular formula is C17H31N3O3. The molecule has 0 aromatic heterocycles. The van der Waals surface area contributed by atoms with Crippen LogP contribution < -0.4 is 0 Å². The summed E-state index contributed by atoms with van der Waals surface area (Å²) in [5, 5.41) is 9.47. The number of carbonyl (C=O) groups is 1. The van der Waals surface area contributed by atoms with Gasteiger partial charge >= 0.3 is 0 Å². The molecule has 0 aromatic carbocycles. The van der Waals surface area contributed by atoms with Crippen molar-refractivity contribution in [2.24, 2.45) is 0 Å². The minimum atomic E-state index is -0.278. The molecule has 132 valence electrons. The van der Waals surface area contributed by atoms with E-state index in [-0.39, 0.29) is 18.1 Å². The average Bonchev–Trinajstić information content (AvgIpc) is 2.55. The lowest BCUT2D eigenvalue weighted by Gasteiger charge is -2.44. The van der Waals surface area contributed by atoms with E-state index in [1.54, 1.807) is 0 Å².